The monoisotopic (exact) mass is 392 g/mol. The van der Waals surface area contributed by atoms with E-state index < -0.39 is 6.04 Å². The van der Waals surface area contributed by atoms with Gasteiger partial charge in [-0.05, 0) is 66.5 Å². The van der Waals surface area contributed by atoms with Crippen LogP contribution in [0.4, 0.5) is 5.69 Å². The Kier molecular flexibility index (Phi) is 5.31. The van der Waals surface area contributed by atoms with E-state index in [4.69, 9.17) is 4.74 Å². The molecule has 0 radical (unpaired) electrons. The van der Waals surface area contributed by atoms with Crippen LogP contribution in [0.1, 0.15) is 43.5 Å². The van der Waals surface area contributed by atoms with Crippen molar-refractivity contribution in [1.29, 1.82) is 0 Å². The molecule has 5 heteroatoms. The fraction of sp³-hybridized carbons (Fsp3) is 0.417. The number of nitrogens with one attached hydrogen (secondary N) is 1. The Labute approximate surface area is 172 Å². The minimum atomic E-state index is -0.474. The van der Waals surface area contributed by atoms with E-state index >= 15 is 0 Å². The molecule has 1 saturated carbocycles. The van der Waals surface area contributed by atoms with E-state index in [1.165, 1.54) is 0 Å². The highest BCUT2D eigenvalue weighted by Gasteiger charge is 2.37. The van der Waals surface area contributed by atoms with Crippen molar-refractivity contribution in [3.05, 3.63) is 48.0 Å². The summed E-state index contributed by atoms with van der Waals surface area (Å²) in [6, 6.07) is 13.1. The number of hydrogen-bond donors (Lipinski definition) is 1. The molecule has 152 valence electrons. The van der Waals surface area contributed by atoms with Gasteiger partial charge in [-0.2, -0.15) is 0 Å². The maximum Gasteiger partial charge on any atom is 0.254 e. The maximum absolute atomic E-state index is 13.3. The largest absolute Gasteiger partial charge is 0.497 e. The van der Waals surface area contributed by atoms with Crippen molar-refractivity contribution in [2.75, 3.05) is 18.6 Å². The van der Waals surface area contributed by atoms with Gasteiger partial charge >= 0.3 is 0 Å². The first-order valence-corrected chi connectivity index (χ1v) is 10.4. The van der Waals surface area contributed by atoms with Gasteiger partial charge in [-0.1, -0.05) is 32.0 Å². The number of amides is 2. The van der Waals surface area contributed by atoms with E-state index in [1.54, 1.807) is 7.11 Å². The number of anilines is 1. The van der Waals surface area contributed by atoms with Crippen LogP contribution in [0.25, 0.3) is 11.1 Å². The molecule has 1 atom stereocenters. The number of methoxy groups -OCH3 is 1. The highest BCUT2D eigenvalue weighted by atomic mass is 16.5. The Bertz CT molecular complexity index is 916. The van der Waals surface area contributed by atoms with Crippen LogP contribution in [0.5, 0.6) is 5.75 Å². The summed E-state index contributed by atoms with van der Waals surface area (Å²) in [7, 11) is 1.64. The van der Waals surface area contributed by atoms with Crippen molar-refractivity contribution >= 4 is 17.5 Å². The van der Waals surface area contributed by atoms with Gasteiger partial charge in [-0.25, -0.2) is 0 Å². The third-order valence-corrected chi connectivity index (χ3v) is 5.67. The molecular weight excluding hydrogens is 364 g/mol. The zero-order chi connectivity index (χ0) is 20.5. The van der Waals surface area contributed by atoms with Crippen LogP contribution in [0.2, 0.25) is 0 Å². The zero-order valence-corrected chi connectivity index (χ0v) is 17.3. The van der Waals surface area contributed by atoms with Crippen molar-refractivity contribution in [2.45, 2.75) is 39.2 Å². The first-order chi connectivity index (χ1) is 14.0. The summed E-state index contributed by atoms with van der Waals surface area (Å²) in [6.45, 7) is 4.84. The third kappa shape index (κ3) is 4.14. The number of carbonyl (C=O) groups excluding carboxylic acids is 2. The van der Waals surface area contributed by atoms with Crippen molar-refractivity contribution in [3.8, 4) is 16.9 Å². The number of carbonyl (C=O) groups is 2. The fourth-order valence-corrected chi connectivity index (χ4v) is 3.90. The van der Waals surface area contributed by atoms with Crippen LogP contribution in [-0.4, -0.2) is 31.5 Å². The van der Waals surface area contributed by atoms with Gasteiger partial charge < -0.3 is 15.0 Å². The summed E-state index contributed by atoms with van der Waals surface area (Å²) >= 11 is 0. The van der Waals surface area contributed by atoms with Gasteiger partial charge in [-0.3, -0.25) is 9.59 Å². The molecule has 0 aromatic heterocycles. The Morgan fingerprint density at radius 2 is 1.76 bits per heavy atom. The predicted molar refractivity (Wildman–Crippen MR) is 114 cm³/mol. The van der Waals surface area contributed by atoms with Crippen molar-refractivity contribution in [2.24, 2.45) is 11.8 Å². The molecule has 1 fully saturated rings. The lowest BCUT2D eigenvalue weighted by Gasteiger charge is -2.26. The highest BCUT2D eigenvalue weighted by Crippen LogP contribution is 2.36. The minimum Gasteiger partial charge on any atom is -0.497 e. The summed E-state index contributed by atoms with van der Waals surface area (Å²) in [5, 5.41) is 2.99. The van der Waals surface area contributed by atoms with Gasteiger partial charge in [-0.15, -0.1) is 0 Å². The molecule has 1 aliphatic heterocycles. The van der Waals surface area contributed by atoms with E-state index in [1.807, 2.05) is 47.4 Å². The topological polar surface area (TPSA) is 58.6 Å². The third-order valence-electron chi connectivity index (χ3n) is 5.67. The number of ether oxygens (including phenoxy) is 1. The maximum atomic E-state index is 13.3. The van der Waals surface area contributed by atoms with Gasteiger partial charge in [0, 0.05) is 6.54 Å². The molecule has 2 aromatic carbocycles. The number of nitrogens with zero attached hydrogens (tertiary/aromatic N) is 1. The molecule has 4 rings (SSSR count). The number of fused-ring (bicyclic) bond motifs is 1. The SMILES string of the molecule is COc1ccc(-c2ccc3c(c2)C(=O)N[C@@H](CC(C)C)C(=O)N3CC2CC2)cc1. The Morgan fingerprint density at radius 1 is 1.07 bits per heavy atom. The van der Waals surface area contributed by atoms with E-state index in [2.05, 4.69) is 19.2 Å². The molecule has 1 heterocycles. The minimum absolute atomic E-state index is 0.00916. The summed E-state index contributed by atoms with van der Waals surface area (Å²) in [5.41, 5.74) is 3.24. The number of hydrogen-bond acceptors (Lipinski definition) is 3. The standard InChI is InChI=1S/C24H28N2O3/c1-15(2)12-21-24(28)26(14-16-4-5-16)22-11-8-18(13-20(22)23(27)25-21)17-6-9-19(29-3)10-7-17/h6-11,13,15-16,21H,4-5,12,14H2,1-3H3,(H,25,27)/t21-/m0/s1. The van der Waals surface area contributed by atoms with Crippen molar-refractivity contribution < 1.29 is 14.3 Å². The van der Waals surface area contributed by atoms with Crippen LogP contribution < -0.4 is 15.0 Å². The van der Waals surface area contributed by atoms with Crippen LogP contribution in [0, 0.1) is 11.8 Å². The van der Waals surface area contributed by atoms with Crippen LogP contribution >= 0.6 is 0 Å². The van der Waals surface area contributed by atoms with E-state index in [9.17, 15) is 9.59 Å². The Balaban J connectivity index is 1.73. The smallest absolute Gasteiger partial charge is 0.254 e. The van der Waals surface area contributed by atoms with E-state index in [0.29, 0.717) is 30.4 Å². The molecular formula is C24H28N2O3. The molecule has 1 N–H and O–H groups in total. The first kappa shape index (κ1) is 19.5. The second kappa shape index (κ2) is 7.90. The fourth-order valence-electron chi connectivity index (χ4n) is 3.90. The molecule has 0 unspecified atom stereocenters. The van der Waals surface area contributed by atoms with Gasteiger partial charge in [0.15, 0.2) is 0 Å². The average Bonchev–Trinajstić information content (AvgIpc) is 3.55. The highest BCUT2D eigenvalue weighted by molar-refractivity contribution is 6.11. The zero-order valence-electron chi connectivity index (χ0n) is 17.3. The van der Waals surface area contributed by atoms with Crippen LogP contribution in [-0.2, 0) is 4.79 Å². The number of rotatable bonds is 6. The van der Waals surface area contributed by atoms with Gasteiger partial charge in [0.25, 0.3) is 5.91 Å². The van der Waals surface area contributed by atoms with E-state index in [0.717, 1.165) is 35.4 Å². The predicted octanol–water partition coefficient (Wildman–Crippen LogP) is 4.26. The quantitative estimate of drug-likeness (QED) is 0.799. The van der Waals surface area contributed by atoms with Crippen molar-refractivity contribution in [1.82, 2.24) is 5.32 Å². The summed E-state index contributed by atoms with van der Waals surface area (Å²) < 4.78 is 5.23. The summed E-state index contributed by atoms with van der Waals surface area (Å²) in [5.74, 6) is 1.49. The molecule has 2 amide bonds. The second-order valence-electron chi connectivity index (χ2n) is 8.51. The normalized spacial score (nSPS) is 19.0. The molecule has 2 aromatic rings. The van der Waals surface area contributed by atoms with Gasteiger partial charge in [0.1, 0.15) is 11.8 Å². The molecule has 1 aliphatic carbocycles. The van der Waals surface area contributed by atoms with Crippen molar-refractivity contribution in [3.63, 3.8) is 0 Å². The molecule has 2 aliphatic rings. The first-order valence-electron chi connectivity index (χ1n) is 10.4. The lowest BCUT2D eigenvalue weighted by molar-refractivity contribution is -0.120. The lowest BCUT2D eigenvalue weighted by Crippen LogP contribution is -2.47. The molecule has 0 spiro atoms. The average molecular weight is 392 g/mol. The molecule has 29 heavy (non-hydrogen) atoms. The summed E-state index contributed by atoms with van der Waals surface area (Å²) in [4.78, 5) is 28.2. The van der Waals surface area contributed by atoms with Crippen LogP contribution in [0.15, 0.2) is 42.5 Å². The van der Waals surface area contributed by atoms with Crippen LogP contribution in [0.3, 0.4) is 0 Å². The molecule has 5 nitrogen and oxygen atoms in total. The lowest BCUT2D eigenvalue weighted by atomic mass is 10.0. The summed E-state index contributed by atoms with van der Waals surface area (Å²) in [6.07, 6.45) is 2.95. The van der Waals surface area contributed by atoms with Gasteiger partial charge in [0.2, 0.25) is 5.91 Å². The van der Waals surface area contributed by atoms with Gasteiger partial charge in [0.05, 0.1) is 18.4 Å². The molecule has 0 bridgehead atoms. The Hall–Kier alpha value is -2.82. The Morgan fingerprint density at radius 3 is 2.38 bits per heavy atom. The molecule has 0 saturated heterocycles. The second-order valence-corrected chi connectivity index (χ2v) is 8.51. The van der Waals surface area contributed by atoms with E-state index in [-0.39, 0.29) is 11.8 Å². The number of benzene rings is 2.